The minimum Gasteiger partial charge on any atom is -0.395 e. The maximum Gasteiger partial charge on any atom is 0.269 e. The second-order valence-corrected chi connectivity index (χ2v) is 4.30. The molecule has 1 aliphatic heterocycles. The molecule has 0 aliphatic carbocycles. The number of benzene rings is 1. The second-order valence-electron chi connectivity index (χ2n) is 4.30. The van der Waals surface area contributed by atoms with Crippen LogP contribution < -0.4 is 10.2 Å². The predicted molar refractivity (Wildman–Crippen MR) is 69.2 cm³/mol. The lowest BCUT2D eigenvalue weighted by Gasteiger charge is -2.16. The molecule has 0 aromatic heterocycles. The summed E-state index contributed by atoms with van der Waals surface area (Å²) in [5.74, 6) is -0.668. The van der Waals surface area contributed by atoms with Crippen molar-refractivity contribution in [1.29, 1.82) is 0 Å². The predicted octanol–water partition coefficient (Wildman–Crippen LogP) is -0.408. The van der Waals surface area contributed by atoms with Gasteiger partial charge in [0.15, 0.2) is 0 Å². The van der Waals surface area contributed by atoms with Gasteiger partial charge in [-0.2, -0.15) is 0 Å². The van der Waals surface area contributed by atoms with Crippen LogP contribution in [-0.4, -0.2) is 41.5 Å². The van der Waals surface area contributed by atoms with E-state index in [9.17, 15) is 19.7 Å². The number of hydrogen-bond acceptors (Lipinski definition) is 5. The van der Waals surface area contributed by atoms with Crippen LogP contribution in [-0.2, 0) is 16.0 Å². The van der Waals surface area contributed by atoms with Crippen LogP contribution in [0.25, 0.3) is 0 Å². The van der Waals surface area contributed by atoms with E-state index in [4.69, 9.17) is 5.11 Å². The van der Waals surface area contributed by atoms with Crippen molar-refractivity contribution in [3.8, 4) is 0 Å². The van der Waals surface area contributed by atoms with Gasteiger partial charge in [-0.25, -0.2) is 0 Å². The van der Waals surface area contributed by atoms with E-state index in [0.717, 1.165) is 0 Å². The van der Waals surface area contributed by atoms with Gasteiger partial charge in [-0.1, -0.05) is 0 Å². The number of carbonyl (C=O) groups excluding carboxylic acids is 2. The summed E-state index contributed by atoms with van der Waals surface area (Å²) in [6.45, 7) is -0.222. The Balaban J connectivity index is 2.16. The van der Waals surface area contributed by atoms with Crippen molar-refractivity contribution >= 4 is 23.2 Å². The molecule has 0 fully saturated rings. The summed E-state index contributed by atoms with van der Waals surface area (Å²) >= 11 is 0. The number of nitrogens with one attached hydrogen (secondary N) is 1. The van der Waals surface area contributed by atoms with E-state index in [-0.39, 0.29) is 37.7 Å². The van der Waals surface area contributed by atoms with Gasteiger partial charge in [0.1, 0.15) is 6.54 Å². The van der Waals surface area contributed by atoms with Crippen molar-refractivity contribution in [1.82, 2.24) is 5.32 Å². The zero-order valence-corrected chi connectivity index (χ0v) is 10.5. The summed E-state index contributed by atoms with van der Waals surface area (Å²) in [7, 11) is 0. The molecule has 2 rings (SSSR count). The molecule has 2 N–H and O–H groups in total. The Morgan fingerprint density at radius 1 is 1.50 bits per heavy atom. The topological polar surface area (TPSA) is 113 Å². The molecule has 0 saturated carbocycles. The largest absolute Gasteiger partial charge is 0.395 e. The molecule has 0 saturated heterocycles. The molecular formula is C12H13N3O5. The van der Waals surface area contributed by atoms with E-state index >= 15 is 0 Å². The molecule has 0 radical (unpaired) electrons. The van der Waals surface area contributed by atoms with Gasteiger partial charge in [-0.05, 0) is 11.6 Å². The van der Waals surface area contributed by atoms with E-state index in [2.05, 4.69) is 5.32 Å². The van der Waals surface area contributed by atoms with E-state index in [0.29, 0.717) is 11.3 Å². The summed E-state index contributed by atoms with van der Waals surface area (Å²) in [5.41, 5.74) is 0.974. The molecule has 1 aliphatic rings. The number of rotatable bonds is 5. The fourth-order valence-electron chi connectivity index (χ4n) is 2.05. The number of hydrogen-bond donors (Lipinski definition) is 2. The number of nitrogens with zero attached hydrogens (tertiary/aromatic N) is 2. The molecule has 0 unspecified atom stereocenters. The third kappa shape index (κ3) is 2.75. The van der Waals surface area contributed by atoms with E-state index in [1.54, 1.807) is 0 Å². The Morgan fingerprint density at radius 3 is 2.90 bits per heavy atom. The van der Waals surface area contributed by atoms with Gasteiger partial charge < -0.3 is 15.3 Å². The van der Waals surface area contributed by atoms with Gasteiger partial charge >= 0.3 is 0 Å². The maximum atomic E-state index is 11.8. The number of anilines is 1. The van der Waals surface area contributed by atoms with Crippen molar-refractivity contribution in [3.63, 3.8) is 0 Å². The van der Waals surface area contributed by atoms with Crippen LogP contribution in [0.1, 0.15) is 5.56 Å². The lowest BCUT2D eigenvalue weighted by Crippen LogP contribution is -2.39. The van der Waals surface area contributed by atoms with Gasteiger partial charge in [0.2, 0.25) is 11.8 Å². The third-order valence-electron chi connectivity index (χ3n) is 2.94. The number of fused-ring (bicyclic) bond motifs is 1. The lowest BCUT2D eigenvalue weighted by molar-refractivity contribution is -0.384. The van der Waals surface area contributed by atoms with Crippen molar-refractivity contribution in [3.05, 3.63) is 33.9 Å². The number of nitro groups is 1. The highest BCUT2D eigenvalue weighted by Gasteiger charge is 2.30. The zero-order valence-electron chi connectivity index (χ0n) is 10.5. The van der Waals surface area contributed by atoms with Crippen LogP contribution in [0.5, 0.6) is 0 Å². The Labute approximate surface area is 114 Å². The minimum absolute atomic E-state index is 0.0459. The number of aliphatic hydroxyl groups excluding tert-OH is 1. The number of aliphatic hydroxyl groups is 1. The number of nitro benzene ring substituents is 1. The summed E-state index contributed by atoms with van der Waals surface area (Å²) in [6, 6.07) is 4.12. The highest BCUT2D eigenvalue weighted by molar-refractivity contribution is 6.05. The lowest BCUT2D eigenvalue weighted by atomic mass is 10.1. The van der Waals surface area contributed by atoms with Crippen LogP contribution in [0, 0.1) is 10.1 Å². The van der Waals surface area contributed by atoms with Crippen LogP contribution in [0.15, 0.2) is 18.2 Å². The zero-order chi connectivity index (χ0) is 14.7. The SMILES string of the molecule is O=C(CN1C(=O)Cc2cc([N+](=O)[O-])ccc21)NCCO. The van der Waals surface area contributed by atoms with Gasteiger partial charge in [0, 0.05) is 24.4 Å². The smallest absolute Gasteiger partial charge is 0.269 e. The fraction of sp³-hybridized carbons (Fsp3) is 0.333. The van der Waals surface area contributed by atoms with Gasteiger partial charge in [-0.3, -0.25) is 19.7 Å². The third-order valence-corrected chi connectivity index (χ3v) is 2.94. The first-order valence-corrected chi connectivity index (χ1v) is 5.98. The Bertz CT molecular complexity index is 572. The first kappa shape index (κ1) is 13.9. The highest BCUT2D eigenvalue weighted by Crippen LogP contribution is 2.31. The van der Waals surface area contributed by atoms with Crippen LogP contribution in [0.2, 0.25) is 0 Å². The molecule has 8 heteroatoms. The average Bonchev–Trinajstić information content (AvgIpc) is 2.72. The first-order valence-electron chi connectivity index (χ1n) is 5.98. The van der Waals surface area contributed by atoms with E-state index < -0.39 is 10.8 Å². The molecular weight excluding hydrogens is 266 g/mol. The monoisotopic (exact) mass is 279 g/mol. The second kappa shape index (κ2) is 5.66. The van der Waals surface area contributed by atoms with E-state index in [1.807, 2.05) is 0 Å². The van der Waals surface area contributed by atoms with E-state index in [1.165, 1.54) is 23.1 Å². The number of non-ortho nitro benzene ring substituents is 1. The standard InChI is InChI=1S/C12H13N3O5/c16-4-3-13-11(17)7-14-10-2-1-9(15(19)20)5-8(10)6-12(14)18/h1-2,5,16H,3-4,6-7H2,(H,13,17). The summed E-state index contributed by atoms with van der Waals surface area (Å²) in [4.78, 5) is 34.8. The molecule has 20 heavy (non-hydrogen) atoms. The quantitative estimate of drug-likeness (QED) is 0.562. The molecule has 1 heterocycles. The first-order chi connectivity index (χ1) is 9.52. The Kier molecular flexibility index (Phi) is 3.94. The van der Waals surface area contributed by atoms with Gasteiger partial charge in [0.05, 0.1) is 18.0 Å². The molecule has 0 spiro atoms. The molecule has 1 aromatic rings. The van der Waals surface area contributed by atoms with Crippen LogP contribution in [0.3, 0.4) is 0 Å². The summed E-state index contributed by atoms with van der Waals surface area (Å²) < 4.78 is 0. The molecule has 0 bridgehead atoms. The summed E-state index contributed by atoms with van der Waals surface area (Å²) in [5, 5.41) is 21.7. The molecule has 2 amide bonds. The normalized spacial score (nSPS) is 13.2. The molecule has 0 atom stereocenters. The van der Waals surface area contributed by atoms with Gasteiger partial charge in [-0.15, -0.1) is 0 Å². The molecule has 8 nitrogen and oxygen atoms in total. The maximum absolute atomic E-state index is 11.8. The molecule has 106 valence electrons. The van der Waals surface area contributed by atoms with Crippen molar-refractivity contribution in [2.45, 2.75) is 6.42 Å². The summed E-state index contributed by atoms with van der Waals surface area (Å²) in [6.07, 6.45) is 0.0459. The average molecular weight is 279 g/mol. The van der Waals surface area contributed by atoms with Crippen LogP contribution >= 0.6 is 0 Å². The number of amides is 2. The van der Waals surface area contributed by atoms with Crippen molar-refractivity contribution in [2.75, 3.05) is 24.6 Å². The highest BCUT2D eigenvalue weighted by atomic mass is 16.6. The van der Waals surface area contributed by atoms with Crippen LogP contribution in [0.4, 0.5) is 11.4 Å². The minimum atomic E-state index is -0.526. The number of carbonyl (C=O) groups is 2. The van der Waals surface area contributed by atoms with Crippen molar-refractivity contribution in [2.24, 2.45) is 0 Å². The van der Waals surface area contributed by atoms with Gasteiger partial charge in [0.25, 0.3) is 5.69 Å². The van der Waals surface area contributed by atoms with Crippen molar-refractivity contribution < 1.29 is 19.6 Å². The fourth-order valence-corrected chi connectivity index (χ4v) is 2.05. The Morgan fingerprint density at radius 2 is 2.25 bits per heavy atom. The Hall–Kier alpha value is -2.48. The molecule has 1 aromatic carbocycles.